The van der Waals surface area contributed by atoms with Gasteiger partial charge < -0.3 is 21.1 Å². The van der Waals surface area contributed by atoms with Crippen LogP contribution in [0.1, 0.15) is 66.1 Å². The molecule has 0 spiro atoms. The van der Waals surface area contributed by atoms with E-state index in [2.05, 4.69) is 41.2 Å². The third-order valence-electron chi connectivity index (χ3n) is 8.62. The molecule has 9 heteroatoms. The van der Waals surface area contributed by atoms with Crippen LogP contribution in [0.15, 0.2) is 83.4 Å². The van der Waals surface area contributed by atoms with E-state index >= 15 is 0 Å². The number of fused-ring (bicyclic) bond motifs is 1. The van der Waals surface area contributed by atoms with Crippen LogP contribution in [0.4, 0.5) is 11.4 Å². The number of carbonyl (C=O) groups is 3. The number of benzene rings is 3. The predicted molar refractivity (Wildman–Crippen MR) is 182 cm³/mol. The van der Waals surface area contributed by atoms with Gasteiger partial charge in [-0.2, -0.15) is 0 Å². The van der Waals surface area contributed by atoms with Crippen molar-refractivity contribution in [3.63, 3.8) is 0 Å². The van der Waals surface area contributed by atoms with E-state index in [1.807, 2.05) is 53.4 Å². The fourth-order valence-electron chi connectivity index (χ4n) is 6.38. The van der Waals surface area contributed by atoms with Gasteiger partial charge in [0.15, 0.2) is 5.78 Å². The number of hydrogen-bond acceptors (Lipinski definition) is 7. The van der Waals surface area contributed by atoms with Crippen molar-refractivity contribution >= 4 is 40.9 Å². The highest BCUT2D eigenvalue weighted by Crippen LogP contribution is 2.35. The van der Waals surface area contributed by atoms with Crippen LogP contribution in [0.25, 0.3) is 6.08 Å². The summed E-state index contributed by atoms with van der Waals surface area (Å²) < 4.78 is 0. The van der Waals surface area contributed by atoms with Gasteiger partial charge in [-0.3, -0.25) is 19.3 Å². The molecule has 3 aromatic rings. The van der Waals surface area contributed by atoms with Gasteiger partial charge in [-0.1, -0.05) is 62.4 Å². The van der Waals surface area contributed by atoms with Gasteiger partial charge in [0.25, 0.3) is 5.91 Å². The Morgan fingerprint density at radius 3 is 2.37 bits per heavy atom. The fourth-order valence-corrected chi connectivity index (χ4v) is 6.38. The Hall–Kier alpha value is -4.60. The van der Waals surface area contributed by atoms with Crippen LogP contribution in [-0.4, -0.2) is 71.1 Å². The molecule has 5 rings (SSSR count). The number of Topliss-reactive ketones (excluding diaryl/α,β-unsaturated/α-hetero) is 1. The summed E-state index contributed by atoms with van der Waals surface area (Å²) in [5.41, 5.74) is 11.3. The van der Waals surface area contributed by atoms with Gasteiger partial charge >= 0.3 is 0 Å². The number of nitrogens with zero attached hydrogens (tertiary/aromatic N) is 3. The first kappa shape index (κ1) is 32.8. The van der Waals surface area contributed by atoms with Gasteiger partial charge in [-0.05, 0) is 54.3 Å². The summed E-state index contributed by atoms with van der Waals surface area (Å²) in [5.74, 6) is -0.515. The monoisotopic (exact) mass is 621 g/mol. The molecule has 2 aliphatic rings. The maximum absolute atomic E-state index is 13.3. The highest BCUT2D eigenvalue weighted by atomic mass is 16.3. The van der Waals surface area contributed by atoms with Crippen LogP contribution in [0.3, 0.4) is 0 Å². The third kappa shape index (κ3) is 7.78. The van der Waals surface area contributed by atoms with Crippen molar-refractivity contribution in [1.82, 2.24) is 9.80 Å². The minimum Gasteiger partial charge on any atom is -0.389 e. The lowest BCUT2D eigenvalue weighted by Crippen LogP contribution is -2.34. The highest BCUT2D eigenvalue weighted by Gasteiger charge is 2.37. The molecule has 2 heterocycles. The summed E-state index contributed by atoms with van der Waals surface area (Å²) >= 11 is 0. The summed E-state index contributed by atoms with van der Waals surface area (Å²) in [6.07, 6.45) is 3.83. The minimum absolute atomic E-state index is 0.0338. The van der Waals surface area contributed by atoms with E-state index in [1.54, 1.807) is 18.2 Å². The van der Waals surface area contributed by atoms with Gasteiger partial charge in [0.1, 0.15) is 12.4 Å². The van der Waals surface area contributed by atoms with Gasteiger partial charge in [-0.15, -0.1) is 0 Å². The second-order valence-electron chi connectivity index (χ2n) is 12.1. The average molecular weight is 622 g/mol. The lowest BCUT2D eigenvalue weighted by molar-refractivity contribution is -0.127. The quantitative estimate of drug-likeness (QED) is 0.257. The Morgan fingerprint density at radius 1 is 0.978 bits per heavy atom. The van der Waals surface area contributed by atoms with Crippen LogP contribution >= 0.6 is 0 Å². The van der Waals surface area contributed by atoms with Gasteiger partial charge in [0.05, 0.1) is 5.69 Å². The topological polar surface area (TPSA) is 128 Å². The van der Waals surface area contributed by atoms with Crippen LogP contribution < -0.4 is 11.1 Å². The van der Waals surface area contributed by atoms with Crippen LogP contribution in [0.2, 0.25) is 0 Å². The lowest BCUT2D eigenvalue weighted by Gasteiger charge is -2.22. The van der Waals surface area contributed by atoms with Crippen LogP contribution in [0.5, 0.6) is 0 Å². The number of amidine groups is 1. The average Bonchev–Trinajstić information content (AvgIpc) is 3.40. The first-order valence-electron chi connectivity index (χ1n) is 16.1. The standard InChI is InChI=1S/C37H43N5O4/c1-3-16-42(17-4-2)37(46)29-18-27-10-11-28(19-33(27)40-35(38)20-29)36(45)39-30-14-12-26(13-15-30)31-22-41(23-32(31)34(44)24-43)21-25-8-6-5-7-9-25/h5-15,18-19,31-32,43H,3-4,16-17,20-24H2,1-2H3,(H2,38,40)(H,39,45)/t31?,32-/m0/s1. The highest BCUT2D eigenvalue weighted by molar-refractivity contribution is 6.08. The number of aliphatic hydroxyl groups excluding tert-OH is 1. The molecule has 0 aromatic heterocycles. The van der Waals surface area contributed by atoms with E-state index in [4.69, 9.17) is 5.73 Å². The lowest BCUT2D eigenvalue weighted by atomic mass is 9.86. The molecule has 1 saturated heterocycles. The molecule has 0 aliphatic carbocycles. The van der Waals surface area contributed by atoms with E-state index in [1.165, 1.54) is 5.56 Å². The Balaban J connectivity index is 1.28. The number of nitrogens with two attached hydrogens (primary N) is 1. The zero-order valence-corrected chi connectivity index (χ0v) is 26.6. The number of carbonyl (C=O) groups excluding carboxylic acids is 3. The number of nitrogens with one attached hydrogen (secondary N) is 1. The number of aliphatic imine (C=N–C) groups is 1. The largest absolute Gasteiger partial charge is 0.389 e. The van der Waals surface area contributed by atoms with Crippen LogP contribution in [0, 0.1) is 5.92 Å². The molecule has 0 radical (unpaired) electrons. The summed E-state index contributed by atoms with van der Waals surface area (Å²) in [5, 5.41) is 12.6. The summed E-state index contributed by atoms with van der Waals surface area (Å²) in [6, 6.07) is 22.9. The number of rotatable bonds is 12. The smallest absolute Gasteiger partial charge is 0.255 e. The molecule has 1 fully saturated rings. The van der Waals surface area contributed by atoms with Crippen molar-refractivity contribution in [2.24, 2.45) is 16.6 Å². The van der Waals surface area contributed by atoms with Crippen molar-refractivity contribution in [2.45, 2.75) is 45.6 Å². The number of hydrogen-bond donors (Lipinski definition) is 3. The van der Waals surface area contributed by atoms with Crippen molar-refractivity contribution in [3.8, 4) is 0 Å². The Kier molecular flexibility index (Phi) is 10.8. The molecule has 2 atom stereocenters. The third-order valence-corrected chi connectivity index (χ3v) is 8.62. The second kappa shape index (κ2) is 15.1. The van der Waals surface area contributed by atoms with Crippen molar-refractivity contribution in [2.75, 3.05) is 38.1 Å². The molecular formula is C37H43N5O4. The first-order chi connectivity index (χ1) is 22.3. The zero-order valence-electron chi connectivity index (χ0n) is 26.6. The molecule has 2 aliphatic heterocycles. The van der Waals surface area contributed by atoms with Gasteiger partial charge in [0, 0.05) is 73.4 Å². The molecule has 0 saturated carbocycles. The Bertz CT molecular complexity index is 1610. The van der Waals surface area contributed by atoms with Crippen LogP contribution in [-0.2, 0) is 16.1 Å². The molecule has 46 heavy (non-hydrogen) atoms. The Labute approximate surface area is 270 Å². The van der Waals surface area contributed by atoms with Gasteiger partial charge in [0.2, 0.25) is 5.91 Å². The van der Waals surface area contributed by atoms with Crippen molar-refractivity contribution in [3.05, 3.63) is 101 Å². The normalized spacial score (nSPS) is 17.8. The van der Waals surface area contributed by atoms with E-state index < -0.39 is 6.61 Å². The van der Waals surface area contributed by atoms with Gasteiger partial charge in [-0.25, -0.2) is 4.99 Å². The molecule has 9 nitrogen and oxygen atoms in total. The molecule has 0 bridgehead atoms. The minimum atomic E-state index is -0.478. The van der Waals surface area contributed by atoms with E-state index in [0.717, 1.165) is 30.5 Å². The summed E-state index contributed by atoms with van der Waals surface area (Å²) in [6.45, 7) is 7.02. The molecule has 240 valence electrons. The number of anilines is 1. The van der Waals surface area contributed by atoms with E-state index in [0.29, 0.717) is 54.5 Å². The molecular weight excluding hydrogens is 578 g/mol. The van der Waals surface area contributed by atoms with E-state index in [-0.39, 0.29) is 35.9 Å². The summed E-state index contributed by atoms with van der Waals surface area (Å²) in [4.78, 5) is 47.9. The summed E-state index contributed by atoms with van der Waals surface area (Å²) in [7, 11) is 0. The maximum Gasteiger partial charge on any atom is 0.255 e. The Morgan fingerprint density at radius 2 is 1.70 bits per heavy atom. The number of amides is 2. The zero-order chi connectivity index (χ0) is 32.6. The van der Waals surface area contributed by atoms with Crippen molar-refractivity contribution < 1.29 is 19.5 Å². The SMILES string of the molecule is CCCN(CCC)C(=O)C1=Cc2ccc(C(=O)Nc3ccc(C4CN(Cc5ccccc5)C[C@@H]4C(=O)CO)cc3)cc2N=C(N)C1. The molecule has 2 amide bonds. The van der Waals surface area contributed by atoms with E-state index in [9.17, 15) is 19.5 Å². The number of likely N-dealkylation sites (tertiary alicyclic amines) is 1. The molecule has 1 unspecified atom stereocenters. The fraction of sp³-hybridized carbons (Fsp3) is 0.351. The first-order valence-corrected chi connectivity index (χ1v) is 16.1. The maximum atomic E-state index is 13.3. The number of ketones is 1. The second-order valence-corrected chi connectivity index (χ2v) is 12.1. The number of aliphatic hydroxyl groups is 1. The molecule has 4 N–H and O–H groups in total. The predicted octanol–water partition coefficient (Wildman–Crippen LogP) is 5.14. The molecule has 3 aromatic carbocycles. The van der Waals surface area contributed by atoms with Crippen molar-refractivity contribution in [1.29, 1.82) is 0 Å².